The first kappa shape index (κ1) is 11.5. The minimum absolute atomic E-state index is 0.377. The molecule has 0 spiro atoms. The van der Waals surface area contributed by atoms with Crippen LogP contribution in [0.25, 0.3) is 0 Å². The van der Waals surface area contributed by atoms with Crippen LogP contribution in [0.4, 0.5) is 0 Å². The molecule has 0 aromatic carbocycles. The van der Waals surface area contributed by atoms with E-state index in [0.29, 0.717) is 6.04 Å². The third-order valence-electron chi connectivity index (χ3n) is 1.92. The van der Waals surface area contributed by atoms with Gasteiger partial charge in [-0.3, -0.25) is 0 Å². The molecule has 0 fully saturated rings. The van der Waals surface area contributed by atoms with Gasteiger partial charge in [-0.15, -0.1) is 23.7 Å². The van der Waals surface area contributed by atoms with Crippen molar-refractivity contribution in [2.45, 2.75) is 32.4 Å². The number of rotatable bonds is 5. The topological polar surface area (TPSA) is 24.9 Å². The summed E-state index contributed by atoms with van der Waals surface area (Å²) in [4.78, 5) is 4.15. The van der Waals surface area contributed by atoms with E-state index < -0.39 is 0 Å². The number of thiazole rings is 1. The molecule has 2 nitrogen and oxygen atoms in total. The number of nitrogens with one attached hydrogen (secondary N) is 1. The lowest BCUT2D eigenvalue weighted by molar-refractivity contribution is 0.506. The lowest BCUT2D eigenvalue weighted by Crippen LogP contribution is -2.27. The van der Waals surface area contributed by atoms with Gasteiger partial charge in [-0.1, -0.05) is 18.5 Å². The molecule has 1 N–H and O–H groups in total. The van der Waals surface area contributed by atoms with E-state index in [1.165, 1.54) is 11.3 Å². The van der Waals surface area contributed by atoms with Crippen molar-refractivity contribution in [3.05, 3.63) is 15.5 Å². The maximum atomic E-state index is 5.77. The summed E-state index contributed by atoms with van der Waals surface area (Å²) in [5, 5.41) is 4.35. The molecule has 1 atom stereocenters. The summed E-state index contributed by atoms with van der Waals surface area (Å²) >= 11 is 7.27. The van der Waals surface area contributed by atoms with E-state index in [2.05, 4.69) is 23.1 Å². The Balaban J connectivity index is 2.36. The van der Waals surface area contributed by atoms with Crippen LogP contribution in [0, 0.1) is 12.3 Å². The van der Waals surface area contributed by atoms with Crippen LogP contribution in [0.1, 0.15) is 24.8 Å². The summed E-state index contributed by atoms with van der Waals surface area (Å²) in [6.45, 7) is 2.86. The molecular weight excluding hydrogens is 216 g/mol. The van der Waals surface area contributed by atoms with Crippen LogP contribution < -0.4 is 5.32 Å². The lowest BCUT2D eigenvalue weighted by Gasteiger charge is -2.12. The van der Waals surface area contributed by atoms with Gasteiger partial charge in [-0.05, 0) is 6.42 Å². The molecule has 14 heavy (non-hydrogen) atoms. The highest BCUT2D eigenvalue weighted by Gasteiger charge is 2.05. The average molecular weight is 229 g/mol. The third-order valence-corrected chi connectivity index (χ3v) is 3.04. The predicted molar refractivity (Wildman–Crippen MR) is 61.5 cm³/mol. The second kappa shape index (κ2) is 6.02. The molecule has 1 rings (SSSR count). The van der Waals surface area contributed by atoms with Gasteiger partial charge in [0.15, 0.2) is 0 Å². The summed E-state index contributed by atoms with van der Waals surface area (Å²) in [7, 11) is 0. The molecule has 0 aliphatic heterocycles. The molecule has 0 bridgehead atoms. The van der Waals surface area contributed by atoms with Gasteiger partial charge >= 0.3 is 0 Å². The van der Waals surface area contributed by atoms with Crippen LogP contribution in [0.3, 0.4) is 0 Å². The van der Waals surface area contributed by atoms with Gasteiger partial charge in [0, 0.05) is 19.0 Å². The molecule has 0 aliphatic carbocycles. The van der Waals surface area contributed by atoms with Gasteiger partial charge in [-0.25, -0.2) is 4.98 Å². The van der Waals surface area contributed by atoms with Crippen molar-refractivity contribution in [3.63, 3.8) is 0 Å². The number of halogens is 1. The first-order valence-corrected chi connectivity index (χ1v) is 5.72. The van der Waals surface area contributed by atoms with Crippen molar-refractivity contribution >= 4 is 22.9 Å². The lowest BCUT2D eigenvalue weighted by atomic mass is 10.1. The Kier molecular flexibility index (Phi) is 4.95. The number of hydrogen-bond acceptors (Lipinski definition) is 3. The molecule has 1 aromatic rings. The van der Waals surface area contributed by atoms with Crippen LogP contribution in [0.15, 0.2) is 6.20 Å². The second-order valence-corrected chi connectivity index (χ2v) is 4.70. The second-order valence-electron chi connectivity index (χ2n) is 2.95. The number of terminal acetylenes is 1. The minimum Gasteiger partial charge on any atom is -0.307 e. The van der Waals surface area contributed by atoms with Crippen molar-refractivity contribution in [1.82, 2.24) is 10.3 Å². The van der Waals surface area contributed by atoms with E-state index >= 15 is 0 Å². The molecular formula is C10H13ClN2S. The maximum absolute atomic E-state index is 5.77. The van der Waals surface area contributed by atoms with Gasteiger partial charge in [-0.2, -0.15) is 0 Å². The average Bonchev–Trinajstić information content (AvgIpc) is 2.59. The van der Waals surface area contributed by atoms with E-state index in [-0.39, 0.29) is 0 Å². The molecule has 1 heterocycles. The maximum Gasteiger partial charge on any atom is 0.113 e. The molecule has 0 amide bonds. The molecule has 0 saturated carbocycles. The van der Waals surface area contributed by atoms with E-state index in [1.54, 1.807) is 6.20 Å². The summed E-state index contributed by atoms with van der Waals surface area (Å²) in [5.74, 6) is 2.65. The van der Waals surface area contributed by atoms with Crippen LogP contribution in [-0.4, -0.2) is 11.0 Å². The SMILES string of the molecule is C#CCC(CC)NCc1ncc(Cl)s1. The van der Waals surface area contributed by atoms with Crippen molar-refractivity contribution in [1.29, 1.82) is 0 Å². The van der Waals surface area contributed by atoms with Crippen molar-refractivity contribution in [2.75, 3.05) is 0 Å². The largest absolute Gasteiger partial charge is 0.307 e. The Hall–Kier alpha value is -0.560. The summed E-state index contributed by atoms with van der Waals surface area (Å²) < 4.78 is 0.729. The monoisotopic (exact) mass is 228 g/mol. The summed E-state index contributed by atoms with van der Waals surface area (Å²) in [6, 6.07) is 0.377. The van der Waals surface area contributed by atoms with Crippen LogP contribution in [0.2, 0.25) is 4.34 Å². The highest BCUT2D eigenvalue weighted by Crippen LogP contribution is 2.18. The Morgan fingerprint density at radius 2 is 2.57 bits per heavy atom. The van der Waals surface area contributed by atoms with Crippen molar-refractivity contribution in [2.24, 2.45) is 0 Å². The predicted octanol–water partition coefficient (Wildman–Crippen LogP) is 2.69. The number of aromatic nitrogens is 1. The molecule has 0 radical (unpaired) electrons. The van der Waals surface area contributed by atoms with E-state index in [9.17, 15) is 0 Å². The van der Waals surface area contributed by atoms with E-state index in [4.69, 9.17) is 18.0 Å². The first-order valence-electron chi connectivity index (χ1n) is 4.53. The Morgan fingerprint density at radius 3 is 3.07 bits per heavy atom. The van der Waals surface area contributed by atoms with Gasteiger partial charge in [0.05, 0.1) is 6.20 Å². The van der Waals surface area contributed by atoms with E-state index in [1.807, 2.05) is 0 Å². The minimum atomic E-state index is 0.377. The summed E-state index contributed by atoms with van der Waals surface area (Å²) in [5.41, 5.74) is 0. The molecule has 76 valence electrons. The third kappa shape index (κ3) is 3.67. The standard InChI is InChI=1S/C10H13ClN2S/c1-3-5-8(4-2)12-7-10-13-6-9(11)14-10/h1,6,8,12H,4-5,7H2,2H3. The quantitative estimate of drug-likeness (QED) is 0.784. The molecule has 1 unspecified atom stereocenters. The van der Waals surface area contributed by atoms with Gasteiger partial charge in [0.1, 0.15) is 9.34 Å². The van der Waals surface area contributed by atoms with Crippen LogP contribution in [0.5, 0.6) is 0 Å². The zero-order chi connectivity index (χ0) is 10.4. The Morgan fingerprint density at radius 1 is 1.79 bits per heavy atom. The van der Waals surface area contributed by atoms with Crippen LogP contribution >= 0.6 is 22.9 Å². The molecule has 4 heteroatoms. The first-order chi connectivity index (χ1) is 6.76. The smallest absolute Gasteiger partial charge is 0.113 e. The normalized spacial score (nSPS) is 12.4. The number of nitrogens with zero attached hydrogens (tertiary/aromatic N) is 1. The Bertz CT molecular complexity index is 316. The van der Waals surface area contributed by atoms with Gasteiger partial charge in [0.25, 0.3) is 0 Å². The van der Waals surface area contributed by atoms with Crippen LogP contribution in [-0.2, 0) is 6.54 Å². The molecule has 0 saturated heterocycles. The highest BCUT2D eigenvalue weighted by atomic mass is 35.5. The van der Waals surface area contributed by atoms with Crippen molar-refractivity contribution in [3.8, 4) is 12.3 Å². The van der Waals surface area contributed by atoms with Gasteiger partial charge in [0.2, 0.25) is 0 Å². The highest BCUT2D eigenvalue weighted by molar-refractivity contribution is 7.15. The number of hydrogen-bond donors (Lipinski definition) is 1. The zero-order valence-corrected chi connectivity index (χ0v) is 9.66. The zero-order valence-electron chi connectivity index (χ0n) is 8.09. The Labute approximate surface area is 93.7 Å². The fourth-order valence-corrected chi connectivity index (χ4v) is 2.01. The molecule has 0 aliphatic rings. The fraction of sp³-hybridized carbons (Fsp3) is 0.500. The fourth-order valence-electron chi connectivity index (χ4n) is 1.10. The van der Waals surface area contributed by atoms with Crippen molar-refractivity contribution < 1.29 is 0 Å². The molecule has 1 aromatic heterocycles. The van der Waals surface area contributed by atoms with Gasteiger partial charge < -0.3 is 5.32 Å². The summed E-state index contributed by atoms with van der Waals surface area (Å²) in [6.07, 6.45) is 8.72. The van der Waals surface area contributed by atoms with E-state index in [0.717, 1.165) is 28.7 Å².